The van der Waals surface area contributed by atoms with Crippen molar-refractivity contribution >= 4 is 22.6 Å². The van der Waals surface area contributed by atoms with E-state index in [1.54, 1.807) is 32.2 Å². The van der Waals surface area contributed by atoms with Crippen molar-refractivity contribution in [2.24, 2.45) is 0 Å². The van der Waals surface area contributed by atoms with E-state index in [0.29, 0.717) is 17.3 Å². The Hall–Kier alpha value is -2.89. The van der Waals surface area contributed by atoms with E-state index in [4.69, 9.17) is 9.26 Å². The zero-order valence-corrected chi connectivity index (χ0v) is 12.2. The van der Waals surface area contributed by atoms with Gasteiger partial charge in [0.15, 0.2) is 11.9 Å². The van der Waals surface area contributed by atoms with Crippen LogP contribution in [0.4, 0.5) is 5.82 Å². The predicted molar refractivity (Wildman–Crippen MR) is 81.7 cm³/mol. The van der Waals surface area contributed by atoms with Crippen molar-refractivity contribution in [3.8, 4) is 5.75 Å². The van der Waals surface area contributed by atoms with Gasteiger partial charge in [-0.3, -0.25) is 9.78 Å². The van der Waals surface area contributed by atoms with E-state index in [1.807, 2.05) is 24.3 Å². The maximum atomic E-state index is 12.1. The van der Waals surface area contributed by atoms with Gasteiger partial charge in [-0.05, 0) is 26.0 Å². The molecule has 1 unspecified atom stereocenters. The zero-order valence-electron chi connectivity index (χ0n) is 12.2. The Kier molecular flexibility index (Phi) is 3.74. The first kappa shape index (κ1) is 14.1. The molecule has 1 aromatic carbocycles. The molecule has 2 aromatic heterocycles. The number of ether oxygens (including phenoxy) is 1. The Labute approximate surface area is 127 Å². The number of hydrogen-bond acceptors (Lipinski definition) is 5. The molecule has 0 aliphatic heterocycles. The normalized spacial score (nSPS) is 12.1. The molecule has 2 heterocycles. The minimum Gasteiger partial charge on any atom is -0.479 e. The van der Waals surface area contributed by atoms with Gasteiger partial charge < -0.3 is 14.6 Å². The molecule has 0 saturated heterocycles. The molecule has 6 nitrogen and oxygen atoms in total. The lowest BCUT2D eigenvalue weighted by atomic mass is 10.2. The number of carbonyl (C=O) groups excluding carboxylic acids is 1. The molecular formula is C16H15N3O3. The average Bonchev–Trinajstić information content (AvgIpc) is 2.92. The second kappa shape index (κ2) is 5.85. The summed E-state index contributed by atoms with van der Waals surface area (Å²) in [6.45, 7) is 3.43. The number of amides is 1. The van der Waals surface area contributed by atoms with Gasteiger partial charge in [0, 0.05) is 17.6 Å². The lowest BCUT2D eigenvalue weighted by Crippen LogP contribution is -2.30. The van der Waals surface area contributed by atoms with Gasteiger partial charge in [0.25, 0.3) is 5.91 Å². The number of rotatable bonds is 4. The van der Waals surface area contributed by atoms with Gasteiger partial charge in [-0.15, -0.1) is 0 Å². The third-order valence-electron chi connectivity index (χ3n) is 3.15. The number of hydrogen-bond donors (Lipinski definition) is 1. The first-order valence-corrected chi connectivity index (χ1v) is 6.88. The molecule has 3 rings (SSSR count). The first-order chi connectivity index (χ1) is 10.6. The Morgan fingerprint density at radius 3 is 2.91 bits per heavy atom. The van der Waals surface area contributed by atoms with Crippen molar-refractivity contribution in [3.05, 3.63) is 48.4 Å². The minimum atomic E-state index is -0.690. The lowest BCUT2D eigenvalue weighted by molar-refractivity contribution is -0.122. The number of aryl methyl sites for hydroxylation is 1. The second-order valence-electron chi connectivity index (χ2n) is 4.90. The van der Waals surface area contributed by atoms with E-state index < -0.39 is 6.10 Å². The van der Waals surface area contributed by atoms with Crippen molar-refractivity contribution in [2.45, 2.75) is 20.0 Å². The van der Waals surface area contributed by atoms with E-state index >= 15 is 0 Å². The highest BCUT2D eigenvalue weighted by Crippen LogP contribution is 2.24. The predicted octanol–water partition coefficient (Wildman–Crippen LogP) is 2.94. The van der Waals surface area contributed by atoms with Crippen LogP contribution in [0.1, 0.15) is 12.7 Å². The van der Waals surface area contributed by atoms with Crippen LogP contribution in [0.15, 0.2) is 47.1 Å². The fourth-order valence-electron chi connectivity index (χ4n) is 2.07. The third-order valence-corrected chi connectivity index (χ3v) is 3.15. The highest BCUT2D eigenvalue weighted by molar-refractivity contribution is 5.93. The maximum absolute atomic E-state index is 12.1. The van der Waals surface area contributed by atoms with E-state index in [9.17, 15) is 4.79 Å². The fourth-order valence-corrected chi connectivity index (χ4v) is 2.07. The maximum Gasteiger partial charge on any atom is 0.266 e. The zero-order chi connectivity index (χ0) is 15.5. The highest BCUT2D eigenvalue weighted by atomic mass is 16.5. The van der Waals surface area contributed by atoms with Crippen molar-refractivity contribution in [1.82, 2.24) is 10.1 Å². The average molecular weight is 297 g/mol. The molecule has 112 valence electrons. The van der Waals surface area contributed by atoms with Crippen LogP contribution in [0.5, 0.6) is 5.75 Å². The number of carbonyl (C=O) groups is 1. The van der Waals surface area contributed by atoms with Crippen molar-refractivity contribution in [2.75, 3.05) is 5.32 Å². The van der Waals surface area contributed by atoms with Crippen LogP contribution >= 0.6 is 0 Å². The molecular weight excluding hydrogens is 282 g/mol. The summed E-state index contributed by atoms with van der Waals surface area (Å²) < 4.78 is 10.6. The smallest absolute Gasteiger partial charge is 0.266 e. The van der Waals surface area contributed by atoms with Gasteiger partial charge >= 0.3 is 0 Å². The number of pyridine rings is 1. The topological polar surface area (TPSA) is 77.2 Å². The monoisotopic (exact) mass is 297 g/mol. The lowest BCUT2D eigenvalue weighted by Gasteiger charge is -2.14. The molecule has 6 heteroatoms. The quantitative estimate of drug-likeness (QED) is 0.801. The number of aromatic nitrogens is 2. The number of benzene rings is 1. The SMILES string of the molecule is Cc1cc(NC(=O)C(C)Oc2cccc3cccnc23)no1. The largest absolute Gasteiger partial charge is 0.479 e. The van der Waals surface area contributed by atoms with Gasteiger partial charge in [0.1, 0.15) is 17.0 Å². The van der Waals surface area contributed by atoms with Crippen LogP contribution in [0.3, 0.4) is 0 Å². The fraction of sp³-hybridized carbons (Fsp3) is 0.188. The summed E-state index contributed by atoms with van der Waals surface area (Å²) >= 11 is 0. The summed E-state index contributed by atoms with van der Waals surface area (Å²) in [6, 6.07) is 11.0. The molecule has 3 aromatic rings. The van der Waals surface area contributed by atoms with Gasteiger partial charge in [-0.2, -0.15) is 0 Å². The minimum absolute atomic E-state index is 0.304. The van der Waals surface area contributed by atoms with Gasteiger partial charge in [0.05, 0.1) is 0 Å². The van der Waals surface area contributed by atoms with Crippen LogP contribution in [0, 0.1) is 6.92 Å². The van der Waals surface area contributed by atoms with E-state index in [2.05, 4.69) is 15.5 Å². The number of nitrogens with one attached hydrogen (secondary N) is 1. The second-order valence-corrected chi connectivity index (χ2v) is 4.90. The first-order valence-electron chi connectivity index (χ1n) is 6.88. The molecule has 1 N–H and O–H groups in total. The Balaban J connectivity index is 1.75. The van der Waals surface area contributed by atoms with Crippen LogP contribution in [0.25, 0.3) is 10.9 Å². The summed E-state index contributed by atoms with van der Waals surface area (Å²) in [5.41, 5.74) is 0.724. The number of para-hydroxylation sites is 1. The van der Waals surface area contributed by atoms with Gasteiger partial charge in [-0.25, -0.2) is 0 Å². The van der Waals surface area contributed by atoms with Gasteiger partial charge in [0.2, 0.25) is 0 Å². The molecule has 0 aliphatic rings. The molecule has 0 bridgehead atoms. The molecule has 1 amide bonds. The van der Waals surface area contributed by atoms with E-state index in [1.165, 1.54) is 0 Å². The molecule has 0 spiro atoms. The number of fused-ring (bicyclic) bond motifs is 1. The Morgan fingerprint density at radius 1 is 1.32 bits per heavy atom. The van der Waals surface area contributed by atoms with Crippen molar-refractivity contribution < 1.29 is 14.1 Å². The number of anilines is 1. The molecule has 0 radical (unpaired) electrons. The summed E-state index contributed by atoms with van der Waals surface area (Å²) in [5, 5.41) is 7.32. The molecule has 0 saturated carbocycles. The van der Waals surface area contributed by atoms with Crippen molar-refractivity contribution in [1.29, 1.82) is 0 Å². The van der Waals surface area contributed by atoms with Crippen molar-refractivity contribution in [3.63, 3.8) is 0 Å². The van der Waals surface area contributed by atoms with E-state index in [-0.39, 0.29) is 5.91 Å². The summed E-state index contributed by atoms with van der Waals surface area (Å²) in [5.74, 6) is 1.26. The van der Waals surface area contributed by atoms with Crippen LogP contribution in [-0.2, 0) is 4.79 Å². The third kappa shape index (κ3) is 2.90. The molecule has 0 fully saturated rings. The Morgan fingerprint density at radius 2 is 2.14 bits per heavy atom. The summed E-state index contributed by atoms with van der Waals surface area (Å²) in [7, 11) is 0. The van der Waals surface area contributed by atoms with Crippen LogP contribution in [-0.4, -0.2) is 22.2 Å². The van der Waals surface area contributed by atoms with Crippen LogP contribution < -0.4 is 10.1 Å². The standard InChI is InChI=1S/C16H15N3O3/c1-10-9-14(19-22-10)18-16(20)11(2)21-13-7-3-5-12-6-4-8-17-15(12)13/h3-9,11H,1-2H3,(H,18,19,20). The summed E-state index contributed by atoms with van der Waals surface area (Å²) in [4.78, 5) is 16.4. The number of nitrogens with zero attached hydrogens (tertiary/aromatic N) is 2. The molecule has 0 aliphatic carbocycles. The van der Waals surface area contributed by atoms with Gasteiger partial charge in [-0.1, -0.05) is 23.4 Å². The summed E-state index contributed by atoms with van der Waals surface area (Å²) in [6.07, 6.45) is 1.00. The highest BCUT2D eigenvalue weighted by Gasteiger charge is 2.17. The Bertz CT molecular complexity index is 808. The van der Waals surface area contributed by atoms with Crippen LogP contribution in [0.2, 0.25) is 0 Å². The molecule has 1 atom stereocenters. The molecule has 22 heavy (non-hydrogen) atoms. The van der Waals surface area contributed by atoms with E-state index in [0.717, 1.165) is 10.9 Å².